The molecule has 2 aliphatic rings. The largest absolute Gasteiger partial charge is 0.306 e. The van der Waals surface area contributed by atoms with Gasteiger partial charge in [0.1, 0.15) is 17.2 Å². The van der Waals surface area contributed by atoms with Gasteiger partial charge in [-0.05, 0) is 31.9 Å². The Morgan fingerprint density at radius 2 is 2.07 bits per heavy atom. The molecule has 0 spiro atoms. The van der Waals surface area contributed by atoms with Crippen molar-refractivity contribution in [1.82, 2.24) is 15.1 Å². The summed E-state index contributed by atoms with van der Waals surface area (Å²) in [7, 11) is 0. The third-order valence-corrected chi connectivity index (χ3v) is 6.40. The number of carbonyl (C=O) groups is 3. The molecule has 29 heavy (non-hydrogen) atoms. The van der Waals surface area contributed by atoms with Crippen molar-refractivity contribution in [3.8, 4) is 0 Å². The van der Waals surface area contributed by atoms with Gasteiger partial charge in [0.25, 0.3) is 5.91 Å². The van der Waals surface area contributed by atoms with E-state index in [0.29, 0.717) is 29.2 Å². The van der Waals surface area contributed by atoms with Gasteiger partial charge in [-0.25, -0.2) is 0 Å². The van der Waals surface area contributed by atoms with Crippen molar-refractivity contribution in [2.45, 2.75) is 51.6 Å². The lowest BCUT2D eigenvalue weighted by atomic mass is 9.98. The quantitative estimate of drug-likeness (QED) is 0.786. The molecule has 9 heteroatoms. The zero-order chi connectivity index (χ0) is 20.6. The molecule has 3 heterocycles. The Kier molecular flexibility index (Phi) is 5.08. The number of para-hydroxylation sites is 1. The Hall–Kier alpha value is -2.81. The summed E-state index contributed by atoms with van der Waals surface area (Å²) in [6, 6.07) is 7.05. The Bertz CT molecular complexity index is 975. The first-order valence-electron chi connectivity index (χ1n) is 9.80. The molecule has 4 rings (SSSR count). The summed E-state index contributed by atoms with van der Waals surface area (Å²) in [5.74, 6) is -0.635. The van der Waals surface area contributed by atoms with Crippen LogP contribution in [0.25, 0.3) is 0 Å². The lowest BCUT2D eigenvalue weighted by molar-refractivity contribution is -0.120. The van der Waals surface area contributed by atoms with Crippen LogP contribution in [0.5, 0.6) is 0 Å². The number of hydrogen-bond acceptors (Lipinski definition) is 6. The van der Waals surface area contributed by atoms with Crippen molar-refractivity contribution in [3.63, 3.8) is 0 Å². The maximum atomic E-state index is 13.2. The van der Waals surface area contributed by atoms with E-state index in [4.69, 9.17) is 0 Å². The van der Waals surface area contributed by atoms with Crippen LogP contribution in [0.15, 0.2) is 24.3 Å². The second-order valence-electron chi connectivity index (χ2n) is 7.51. The smallest absolute Gasteiger partial charge is 0.258 e. The van der Waals surface area contributed by atoms with Crippen LogP contribution in [0.3, 0.4) is 0 Å². The molecule has 1 atom stereocenters. The summed E-state index contributed by atoms with van der Waals surface area (Å²) >= 11 is 1.35. The van der Waals surface area contributed by atoms with Gasteiger partial charge in [-0.2, -0.15) is 0 Å². The SMILES string of the molecule is CCCCc1nnc(NC(=O)CN2C(=O)c3ccccc3N3C(=O)CCC23C)s1. The fourth-order valence-corrected chi connectivity index (χ4v) is 4.77. The van der Waals surface area contributed by atoms with E-state index in [0.717, 1.165) is 24.3 Å². The molecule has 1 N–H and O–H groups in total. The molecule has 1 fully saturated rings. The second kappa shape index (κ2) is 7.55. The first kappa shape index (κ1) is 19.5. The number of aryl methyl sites for hydroxylation is 1. The highest BCUT2D eigenvalue weighted by atomic mass is 32.1. The zero-order valence-electron chi connectivity index (χ0n) is 16.5. The van der Waals surface area contributed by atoms with E-state index in [-0.39, 0.29) is 24.3 Å². The monoisotopic (exact) mass is 413 g/mol. The zero-order valence-corrected chi connectivity index (χ0v) is 17.3. The minimum atomic E-state index is -0.854. The van der Waals surface area contributed by atoms with E-state index in [1.807, 2.05) is 13.0 Å². The lowest BCUT2D eigenvalue weighted by Crippen LogP contribution is -2.63. The standard InChI is InChI=1S/C20H23N5O3S/c1-3-4-9-16-22-23-19(29-16)21-15(26)12-24-18(28)13-7-5-6-8-14(13)25-17(27)10-11-20(24,25)2/h5-8H,3-4,9-12H2,1-2H3,(H,21,23,26). The molecule has 0 saturated carbocycles. The number of amides is 3. The van der Waals surface area contributed by atoms with Crippen LogP contribution in [-0.2, 0) is 16.0 Å². The highest BCUT2D eigenvalue weighted by Crippen LogP contribution is 2.43. The molecule has 0 bridgehead atoms. The highest BCUT2D eigenvalue weighted by molar-refractivity contribution is 7.15. The number of rotatable bonds is 6. The Balaban J connectivity index is 1.55. The molecule has 8 nitrogen and oxygen atoms in total. The van der Waals surface area contributed by atoms with Crippen molar-refractivity contribution in [3.05, 3.63) is 34.8 Å². The normalized spacial score (nSPS) is 20.6. The van der Waals surface area contributed by atoms with Gasteiger partial charge in [-0.15, -0.1) is 10.2 Å². The molecule has 1 saturated heterocycles. The third-order valence-electron chi connectivity index (χ3n) is 5.50. The number of aromatic nitrogens is 2. The Morgan fingerprint density at radius 3 is 2.86 bits per heavy atom. The van der Waals surface area contributed by atoms with Crippen molar-refractivity contribution in [1.29, 1.82) is 0 Å². The van der Waals surface area contributed by atoms with E-state index in [9.17, 15) is 14.4 Å². The maximum Gasteiger partial charge on any atom is 0.258 e. The minimum Gasteiger partial charge on any atom is -0.306 e. The topological polar surface area (TPSA) is 95.5 Å². The van der Waals surface area contributed by atoms with Gasteiger partial charge in [0.15, 0.2) is 0 Å². The van der Waals surface area contributed by atoms with Crippen LogP contribution in [0.4, 0.5) is 10.8 Å². The number of unbranched alkanes of at least 4 members (excludes halogenated alkanes) is 1. The molecule has 1 unspecified atom stereocenters. The van der Waals surface area contributed by atoms with Crippen molar-refractivity contribution in [2.24, 2.45) is 0 Å². The van der Waals surface area contributed by atoms with Gasteiger partial charge in [0.05, 0.1) is 11.3 Å². The van der Waals surface area contributed by atoms with E-state index in [2.05, 4.69) is 22.4 Å². The van der Waals surface area contributed by atoms with Gasteiger partial charge >= 0.3 is 0 Å². The van der Waals surface area contributed by atoms with Gasteiger partial charge in [-0.3, -0.25) is 24.6 Å². The van der Waals surface area contributed by atoms with Crippen molar-refractivity contribution >= 4 is 39.9 Å². The number of fused-ring (bicyclic) bond motifs is 3. The van der Waals surface area contributed by atoms with Crippen molar-refractivity contribution < 1.29 is 14.4 Å². The van der Waals surface area contributed by atoms with Gasteiger partial charge in [-0.1, -0.05) is 36.8 Å². The second-order valence-corrected chi connectivity index (χ2v) is 8.57. The Morgan fingerprint density at radius 1 is 1.28 bits per heavy atom. The summed E-state index contributed by atoms with van der Waals surface area (Å²) < 4.78 is 0. The molecule has 152 valence electrons. The highest BCUT2D eigenvalue weighted by Gasteiger charge is 2.53. The third kappa shape index (κ3) is 3.39. The number of benzene rings is 1. The predicted octanol–water partition coefficient (Wildman–Crippen LogP) is 2.82. The molecule has 1 aromatic heterocycles. The van der Waals surface area contributed by atoms with Crippen LogP contribution in [-0.4, -0.2) is 45.0 Å². The number of nitrogens with zero attached hydrogens (tertiary/aromatic N) is 4. The molecule has 1 aromatic carbocycles. The summed E-state index contributed by atoms with van der Waals surface area (Å²) in [5, 5.41) is 12.2. The Labute approximate surface area is 172 Å². The van der Waals surface area contributed by atoms with Gasteiger partial charge in [0, 0.05) is 12.8 Å². The summed E-state index contributed by atoms with van der Waals surface area (Å²) in [5.41, 5.74) is 0.197. The van der Waals surface area contributed by atoms with Crippen LogP contribution in [0.1, 0.15) is 54.9 Å². The number of carbonyl (C=O) groups excluding carboxylic acids is 3. The molecule has 0 aliphatic carbocycles. The molecule has 0 radical (unpaired) electrons. The van der Waals surface area contributed by atoms with Crippen molar-refractivity contribution in [2.75, 3.05) is 16.8 Å². The maximum absolute atomic E-state index is 13.2. The summed E-state index contributed by atoms with van der Waals surface area (Å²) in [4.78, 5) is 41.6. The van der Waals surface area contributed by atoms with Crippen LogP contribution >= 0.6 is 11.3 Å². The van der Waals surface area contributed by atoms with Gasteiger partial charge < -0.3 is 4.90 Å². The predicted molar refractivity (Wildman–Crippen MR) is 110 cm³/mol. The van der Waals surface area contributed by atoms with E-state index in [1.54, 1.807) is 23.1 Å². The fraction of sp³-hybridized carbons (Fsp3) is 0.450. The van der Waals surface area contributed by atoms with Crippen LogP contribution < -0.4 is 10.2 Å². The number of nitrogens with one attached hydrogen (secondary N) is 1. The number of anilines is 2. The minimum absolute atomic E-state index is 0.0393. The molecular weight excluding hydrogens is 390 g/mol. The van der Waals surface area contributed by atoms with Gasteiger partial charge in [0.2, 0.25) is 16.9 Å². The summed E-state index contributed by atoms with van der Waals surface area (Å²) in [6.07, 6.45) is 3.74. The summed E-state index contributed by atoms with van der Waals surface area (Å²) in [6.45, 7) is 3.79. The lowest BCUT2D eigenvalue weighted by Gasteiger charge is -2.48. The average molecular weight is 414 g/mol. The molecule has 2 aliphatic heterocycles. The van der Waals surface area contributed by atoms with Crippen LogP contribution in [0, 0.1) is 0 Å². The van der Waals surface area contributed by atoms with Crippen LogP contribution in [0.2, 0.25) is 0 Å². The fourth-order valence-electron chi connectivity index (χ4n) is 3.98. The first-order chi connectivity index (χ1) is 13.9. The molecular formula is C20H23N5O3S. The molecule has 2 aromatic rings. The van der Waals surface area contributed by atoms with E-state index >= 15 is 0 Å². The number of hydrogen-bond donors (Lipinski definition) is 1. The average Bonchev–Trinajstić information content (AvgIpc) is 3.28. The first-order valence-corrected chi connectivity index (χ1v) is 10.6. The molecule has 3 amide bonds. The van der Waals surface area contributed by atoms with E-state index < -0.39 is 5.66 Å². The van der Waals surface area contributed by atoms with E-state index in [1.165, 1.54) is 16.2 Å².